The molecule has 5 nitrogen and oxygen atoms in total. The normalized spacial score (nSPS) is 16.6. The van der Waals surface area contributed by atoms with Crippen molar-refractivity contribution >= 4 is 57.8 Å². The first-order chi connectivity index (χ1) is 14.5. The third-order valence-electron chi connectivity index (χ3n) is 4.24. The van der Waals surface area contributed by atoms with E-state index in [0.717, 1.165) is 17.9 Å². The van der Waals surface area contributed by atoms with Crippen molar-refractivity contribution in [1.29, 1.82) is 0 Å². The van der Waals surface area contributed by atoms with Gasteiger partial charge in [-0.1, -0.05) is 30.1 Å². The minimum Gasteiger partial charge on any atom is -0.495 e. The lowest BCUT2D eigenvalue weighted by Gasteiger charge is -2.14. The van der Waals surface area contributed by atoms with E-state index in [1.165, 1.54) is 18.9 Å². The first-order valence-electron chi connectivity index (χ1n) is 9.52. The number of aliphatic imine (C=N–C) groups is 1. The fourth-order valence-electron chi connectivity index (χ4n) is 2.95. The van der Waals surface area contributed by atoms with E-state index in [4.69, 9.17) is 32.7 Å². The highest BCUT2D eigenvalue weighted by molar-refractivity contribution is 8.18. The maximum atomic E-state index is 13.0. The molecular weight excluding hydrogens is 443 g/mol. The fourth-order valence-corrected chi connectivity index (χ4v) is 4.55. The lowest BCUT2D eigenvalue weighted by Crippen LogP contribution is -2.29. The number of amides is 1. The molecule has 0 spiro atoms. The topological polar surface area (TPSA) is 51.1 Å². The Bertz CT molecular complexity index is 991. The summed E-state index contributed by atoms with van der Waals surface area (Å²) in [6, 6.07) is 10.8. The molecule has 3 rings (SSSR count). The van der Waals surface area contributed by atoms with E-state index >= 15 is 0 Å². The van der Waals surface area contributed by atoms with Crippen LogP contribution in [0.15, 0.2) is 46.3 Å². The van der Waals surface area contributed by atoms with Crippen molar-refractivity contribution in [3.8, 4) is 11.5 Å². The van der Waals surface area contributed by atoms with Crippen LogP contribution in [0.5, 0.6) is 11.5 Å². The van der Waals surface area contributed by atoms with Gasteiger partial charge in [-0.25, -0.2) is 4.99 Å². The molecule has 0 saturated carbocycles. The summed E-state index contributed by atoms with van der Waals surface area (Å²) in [5.74, 6) is 1.15. The molecule has 1 amide bonds. The summed E-state index contributed by atoms with van der Waals surface area (Å²) in [5, 5.41) is 1.49. The predicted octanol–water partition coefficient (Wildman–Crippen LogP) is 6.41. The molecular formula is C22H22Cl2N2O3S. The van der Waals surface area contributed by atoms with Gasteiger partial charge in [-0.2, -0.15) is 0 Å². The molecule has 0 unspecified atom stereocenters. The van der Waals surface area contributed by atoms with Crippen LogP contribution in [0.25, 0.3) is 6.08 Å². The molecule has 0 N–H and O–H groups in total. The van der Waals surface area contributed by atoms with Crippen molar-refractivity contribution in [1.82, 2.24) is 4.90 Å². The smallest absolute Gasteiger partial charge is 0.266 e. The number of rotatable bonds is 7. The largest absolute Gasteiger partial charge is 0.495 e. The molecule has 1 fully saturated rings. The third-order valence-corrected chi connectivity index (χ3v) is 5.74. The van der Waals surface area contributed by atoms with Gasteiger partial charge in [0, 0.05) is 17.1 Å². The zero-order valence-electron chi connectivity index (χ0n) is 16.9. The van der Waals surface area contributed by atoms with Crippen molar-refractivity contribution in [2.45, 2.75) is 20.3 Å². The number of ether oxygens (including phenoxy) is 2. The molecule has 158 valence electrons. The van der Waals surface area contributed by atoms with E-state index in [0.29, 0.717) is 44.6 Å². The van der Waals surface area contributed by atoms with E-state index in [1.807, 2.05) is 38.1 Å². The minimum atomic E-state index is -0.107. The van der Waals surface area contributed by atoms with Gasteiger partial charge in [0.2, 0.25) is 0 Å². The Morgan fingerprint density at radius 2 is 1.90 bits per heavy atom. The summed E-state index contributed by atoms with van der Waals surface area (Å²) < 4.78 is 10.9. The van der Waals surface area contributed by atoms with Crippen molar-refractivity contribution in [3.05, 3.63) is 56.9 Å². The molecule has 1 heterocycles. The number of thioether (sulfide) groups is 1. The number of hydrogen-bond acceptors (Lipinski definition) is 5. The molecule has 0 aliphatic carbocycles. The summed E-state index contributed by atoms with van der Waals surface area (Å²) in [4.78, 5) is 19.9. The minimum absolute atomic E-state index is 0.107. The first kappa shape index (κ1) is 22.5. The standard InChI is InChI=1S/C22H22Cl2N2O3S/c1-4-10-26-21(27)19(12-14-11-15(23)13-18(24)20(14)28-3)30-22(26)25-16-6-8-17(9-7-16)29-5-2/h6-9,11-13H,4-5,10H2,1-3H3. The lowest BCUT2D eigenvalue weighted by molar-refractivity contribution is -0.122. The van der Waals surface area contributed by atoms with Crippen molar-refractivity contribution in [2.75, 3.05) is 20.3 Å². The summed E-state index contributed by atoms with van der Waals surface area (Å²) >= 11 is 13.7. The van der Waals surface area contributed by atoms with Gasteiger partial charge >= 0.3 is 0 Å². The Balaban J connectivity index is 1.96. The van der Waals surface area contributed by atoms with Crippen LogP contribution in [0.4, 0.5) is 5.69 Å². The summed E-state index contributed by atoms with van der Waals surface area (Å²) in [6.07, 6.45) is 2.56. The highest BCUT2D eigenvalue weighted by Crippen LogP contribution is 2.38. The van der Waals surface area contributed by atoms with E-state index in [-0.39, 0.29) is 5.91 Å². The molecule has 0 atom stereocenters. The van der Waals surface area contributed by atoms with Crippen LogP contribution in [0.2, 0.25) is 10.0 Å². The fraction of sp³-hybridized carbons (Fsp3) is 0.273. The molecule has 0 aromatic heterocycles. The van der Waals surface area contributed by atoms with Crippen LogP contribution in [0.1, 0.15) is 25.8 Å². The quantitative estimate of drug-likeness (QED) is 0.443. The zero-order valence-corrected chi connectivity index (χ0v) is 19.3. The van der Waals surface area contributed by atoms with Crippen molar-refractivity contribution < 1.29 is 14.3 Å². The molecule has 30 heavy (non-hydrogen) atoms. The zero-order chi connectivity index (χ0) is 21.7. The summed E-state index contributed by atoms with van der Waals surface area (Å²) in [5.41, 5.74) is 1.39. The van der Waals surface area contributed by atoms with Gasteiger partial charge in [-0.15, -0.1) is 0 Å². The second-order valence-electron chi connectivity index (χ2n) is 6.40. The van der Waals surface area contributed by atoms with Gasteiger partial charge in [-0.05, 0) is 67.6 Å². The van der Waals surface area contributed by atoms with Crippen LogP contribution < -0.4 is 9.47 Å². The van der Waals surface area contributed by atoms with E-state index in [1.54, 1.807) is 23.1 Å². The van der Waals surface area contributed by atoms with E-state index in [9.17, 15) is 4.79 Å². The Morgan fingerprint density at radius 1 is 1.17 bits per heavy atom. The number of methoxy groups -OCH3 is 1. The van der Waals surface area contributed by atoms with Gasteiger partial charge in [0.05, 0.1) is 29.3 Å². The van der Waals surface area contributed by atoms with Gasteiger partial charge in [0.25, 0.3) is 5.91 Å². The second kappa shape index (κ2) is 10.2. The number of amidine groups is 1. The van der Waals surface area contributed by atoms with Gasteiger partial charge in [0.15, 0.2) is 5.17 Å². The number of carbonyl (C=O) groups excluding carboxylic acids is 1. The SMILES string of the molecule is CCCN1C(=O)C(=Cc2cc(Cl)cc(Cl)c2OC)SC1=Nc1ccc(OCC)cc1. The molecule has 0 bridgehead atoms. The van der Waals surface area contributed by atoms with Gasteiger partial charge in [0.1, 0.15) is 11.5 Å². The molecule has 1 saturated heterocycles. The predicted molar refractivity (Wildman–Crippen MR) is 125 cm³/mol. The lowest BCUT2D eigenvalue weighted by atomic mass is 10.2. The van der Waals surface area contributed by atoms with Crippen LogP contribution in [0.3, 0.4) is 0 Å². The van der Waals surface area contributed by atoms with Crippen LogP contribution in [0, 0.1) is 0 Å². The van der Waals surface area contributed by atoms with Crippen LogP contribution in [-0.2, 0) is 4.79 Å². The van der Waals surface area contributed by atoms with E-state index < -0.39 is 0 Å². The van der Waals surface area contributed by atoms with Crippen molar-refractivity contribution in [2.24, 2.45) is 4.99 Å². The summed E-state index contributed by atoms with van der Waals surface area (Å²) in [6.45, 7) is 5.14. The Hall–Kier alpha value is -2.15. The molecule has 1 aliphatic heterocycles. The van der Waals surface area contributed by atoms with Crippen LogP contribution >= 0.6 is 35.0 Å². The highest BCUT2D eigenvalue weighted by Gasteiger charge is 2.33. The first-order valence-corrected chi connectivity index (χ1v) is 11.1. The number of benzene rings is 2. The van der Waals surface area contributed by atoms with E-state index in [2.05, 4.69) is 4.99 Å². The Kier molecular flexibility index (Phi) is 7.69. The maximum Gasteiger partial charge on any atom is 0.266 e. The highest BCUT2D eigenvalue weighted by atomic mass is 35.5. The number of carbonyl (C=O) groups is 1. The molecule has 2 aromatic rings. The maximum absolute atomic E-state index is 13.0. The number of halogens is 2. The molecule has 0 radical (unpaired) electrons. The third kappa shape index (κ3) is 5.12. The van der Waals surface area contributed by atoms with Crippen LogP contribution in [-0.4, -0.2) is 36.2 Å². The average Bonchev–Trinajstić information content (AvgIpc) is 2.98. The molecule has 8 heteroatoms. The average molecular weight is 465 g/mol. The Labute approximate surface area is 190 Å². The molecule has 1 aliphatic rings. The monoisotopic (exact) mass is 464 g/mol. The Morgan fingerprint density at radius 3 is 2.53 bits per heavy atom. The summed E-state index contributed by atoms with van der Waals surface area (Å²) in [7, 11) is 1.53. The number of nitrogens with zero attached hydrogens (tertiary/aromatic N) is 2. The van der Waals surface area contributed by atoms with Gasteiger partial charge in [-0.3, -0.25) is 9.69 Å². The van der Waals surface area contributed by atoms with Gasteiger partial charge < -0.3 is 9.47 Å². The second-order valence-corrected chi connectivity index (χ2v) is 8.25. The molecule has 2 aromatic carbocycles. The number of hydrogen-bond donors (Lipinski definition) is 0. The van der Waals surface area contributed by atoms with Crippen molar-refractivity contribution in [3.63, 3.8) is 0 Å².